The fourth-order valence-electron chi connectivity index (χ4n) is 3.08. The minimum atomic E-state index is 0.745. The molecular formula is C13H26N2. The molecule has 1 N–H and O–H groups in total. The molecule has 0 bridgehead atoms. The van der Waals surface area contributed by atoms with Gasteiger partial charge in [0.1, 0.15) is 0 Å². The molecule has 0 unspecified atom stereocenters. The number of rotatable bonds is 5. The first kappa shape index (κ1) is 11.4. The predicted octanol–water partition coefficient (Wildman–Crippen LogP) is 2.25. The van der Waals surface area contributed by atoms with Gasteiger partial charge in [-0.2, -0.15) is 0 Å². The Morgan fingerprint density at radius 2 is 1.80 bits per heavy atom. The number of likely N-dealkylation sites (tertiary alicyclic amines) is 1. The van der Waals surface area contributed by atoms with Gasteiger partial charge in [-0.3, -0.25) is 0 Å². The van der Waals surface area contributed by atoms with Crippen molar-refractivity contribution in [2.24, 2.45) is 5.92 Å². The molecule has 0 amide bonds. The molecule has 0 aromatic carbocycles. The van der Waals surface area contributed by atoms with E-state index >= 15 is 0 Å². The normalized spacial score (nSPS) is 26.2. The lowest BCUT2D eigenvalue weighted by Gasteiger charge is -2.22. The Balaban J connectivity index is 1.56. The van der Waals surface area contributed by atoms with Gasteiger partial charge in [0.05, 0.1) is 0 Å². The molecule has 1 aliphatic carbocycles. The van der Waals surface area contributed by atoms with Gasteiger partial charge in [0.2, 0.25) is 0 Å². The zero-order chi connectivity index (χ0) is 10.5. The van der Waals surface area contributed by atoms with Crippen LogP contribution in [-0.4, -0.2) is 37.1 Å². The van der Waals surface area contributed by atoms with Crippen molar-refractivity contribution in [3.8, 4) is 0 Å². The summed E-state index contributed by atoms with van der Waals surface area (Å²) in [6, 6.07) is 0.745. The summed E-state index contributed by atoms with van der Waals surface area (Å²) < 4.78 is 0. The summed E-state index contributed by atoms with van der Waals surface area (Å²) in [5, 5.41) is 3.71. The van der Waals surface area contributed by atoms with Crippen molar-refractivity contribution >= 4 is 0 Å². The SMILES string of the molecule is C[C@H](NCCN1CCCC1)C1CCCC1. The van der Waals surface area contributed by atoms with Gasteiger partial charge in [0.15, 0.2) is 0 Å². The first-order chi connectivity index (χ1) is 7.36. The molecule has 2 nitrogen and oxygen atoms in total. The molecule has 0 aromatic rings. The van der Waals surface area contributed by atoms with E-state index in [0.29, 0.717) is 0 Å². The van der Waals surface area contributed by atoms with Gasteiger partial charge in [-0.05, 0) is 51.6 Å². The molecule has 0 aromatic heterocycles. The average molecular weight is 210 g/mol. The van der Waals surface area contributed by atoms with E-state index in [4.69, 9.17) is 0 Å². The van der Waals surface area contributed by atoms with Crippen molar-refractivity contribution in [2.75, 3.05) is 26.2 Å². The minimum absolute atomic E-state index is 0.745. The quantitative estimate of drug-likeness (QED) is 0.749. The van der Waals surface area contributed by atoms with Crippen molar-refractivity contribution in [1.82, 2.24) is 10.2 Å². The Kier molecular flexibility index (Phi) is 4.45. The average Bonchev–Trinajstić information content (AvgIpc) is 2.90. The van der Waals surface area contributed by atoms with E-state index in [9.17, 15) is 0 Å². The van der Waals surface area contributed by atoms with Crippen molar-refractivity contribution in [1.29, 1.82) is 0 Å². The maximum absolute atomic E-state index is 3.71. The topological polar surface area (TPSA) is 15.3 Å². The van der Waals surface area contributed by atoms with Crippen LogP contribution in [0.3, 0.4) is 0 Å². The van der Waals surface area contributed by atoms with Crippen LogP contribution >= 0.6 is 0 Å². The summed E-state index contributed by atoms with van der Waals surface area (Å²) in [6.07, 6.45) is 8.66. The highest BCUT2D eigenvalue weighted by atomic mass is 15.2. The Morgan fingerprint density at radius 3 is 2.47 bits per heavy atom. The van der Waals surface area contributed by atoms with Gasteiger partial charge in [-0.15, -0.1) is 0 Å². The first-order valence-corrected chi connectivity index (χ1v) is 6.82. The van der Waals surface area contributed by atoms with Crippen LogP contribution in [0.4, 0.5) is 0 Å². The number of nitrogens with one attached hydrogen (secondary N) is 1. The molecular weight excluding hydrogens is 184 g/mol. The number of hydrogen-bond donors (Lipinski definition) is 1. The summed E-state index contributed by atoms with van der Waals surface area (Å²) >= 11 is 0. The predicted molar refractivity (Wildman–Crippen MR) is 65.1 cm³/mol. The zero-order valence-corrected chi connectivity index (χ0v) is 10.2. The summed E-state index contributed by atoms with van der Waals surface area (Å²) in [5.41, 5.74) is 0. The van der Waals surface area contributed by atoms with Crippen LogP contribution in [0, 0.1) is 5.92 Å². The number of nitrogens with zero attached hydrogens (tertiary/aromatic N) is 1. The third kappa shape index (κ3) is 3.46. The van der Waals surface area contributed by atoms with Crippen LogP contribution in [0.5, 0.6) is 0 Å². The van der Waals surface area contributed by atoms with E-state index in [-0.39, 0.29) is 0 Å². The fraction of sp³-hybridized carbons (Fsp3) is 1.00. The van der Waals surface area contributed by atoms with Crippen LogP contribution in [0.25, 0.3) is 0 Å². The maximum Gasteiger partial charge on any atom is 0.0107 e. The minimum Gasteiger partial charge on any atom is -0.313 e. The lowest BCUT2D eigenvalue weighted by atomic mass is 10.00. The molecule has 2 heteroatoms. The summed E-state index contributed by atoms with van der Waals surface area (Å²) in [4.78, 5) is 2.59. The van der Waals surface area contributed by atoms with Crippen molar-refractivity contribution in [2.45, 2.75) is 51.5 Å². The Morgan fingerprint density at radius 1 is 1.13 bits per heavy atom. The van der Waals surface area contributed by atoms with Crippen LogP contribution in [-0.2, 0) is 0 Å². The standard InChI is InChI=1S/C13H26N2/c1-12(13-6-2-3-7-13)14-8-11-15-9-4-5-10-15/h12-14H,2-11H2,1H3/t12-/m0/s1. The highest BCUT2D eigenvalue weighted by Crippen LogP contribution is 2.27. The first-order valence-electron chi connectivity index (χ1n) is 6.82. The van der Waals surface area contributed by atoms with Gasteiger partial charge in [-0.1, -0.05) is 12.8 Å². The van der Waals surface area contributed by atoms with Gasteiger partial charge in [0, 0.05) is 19.1 Å². The summed E-state index contributed by atoms with van der Waals surface area (Å²) in [6.45, 7) is 7.49. The highest BCUT2D eigenvalue weighted by Gasteiger charge is 2.21. The van der Waals surface area contributed by atoms with Crippen LogP contribution in [0.15, 0.2) is 0 Å². The molecule has 1 atom stereocenters. The molecule has 1 aliphatic heterocycles. The largest absolute Gasteiger partial charge is 0.313 e. The van der Waals surface area contributed by atoms with Gasteiger partial charge in [-0.25, -0.2) is 0 Å². The molecule has 1 heterocycles. The highest BCUT2D eigenvalue weighted by molar-refractivity contribution is 4.78. The van der Waals surface area contributed by atoms with Crippen molar-refractivity contribution < 1.29 is 0 Å². The van der Waals surface area contributed by atoms with Gasteiger partial charge < -0.3 is 10.2 Å². The molecule has 1 saturated carbocycles. The monoisotopic (exact) mass is 210 g/mol. The van der Waals surface area contributed by atoms with Crippen molar-refractivity contribution in [3.63, 3.8) is 0 Å². The molecule has 15 heavy (non-hydrogen) atoms. The summed E-state index contributed by atoms with van der Waals surface area (Å²) in [5.74, 6) is 0.962. The van der Waals surface area contributed by atoms with Crippen LogP contribution in [0.1, 0.15) is 45.4 Å². The lowest BCUT2D eigenvalue weighted by molar-refractivity contribution is 0.309. The lowest BCUT2D eigenvalue weighted by Crippen LogP contribution is -2.38. The third-order valence-corrected chi connectivity index (χ3v) is 4.20. The molecule has 2 fully saturated rings. The molecule has 0 spiro atoms. The molecule has 1 saturated heterocycles. The molecule has 2 aliphatic rings. The number of hydrogen-bond acceptors (Lipinski definition) is 2. The second-order valence-corrected chi connectivity index (χ2v) is 5.34. The molecule has 2 rings (SSSR count). The second kappa shape index (κ2) is 5.86. The Hall–Kier alpha value is -0.0800. The maximum atomic E-state index is 3.71. The van der Waals surface area contributed by atoms with E-state index in [1.165, 1.54) is 64.7 Å². The Labute approximate surface area is 94.4 Å². The van der Waals surface area contributed by atoms with E-state index in [1.807, 2.05) is 0 Å². The third-order valence-electron chi connectivity index (χ3n) is 4.20. The van der Waals surface area contributed by atoms with E-state index in [1.54, 1.807) is 0 Å². The van der Waals surface area contributed by atoms with E-state index in [2.05, 4.69) is 17.1 Å². The van der Waals surface area contributed by atoms with E-state index in [0.717, 1.165) is 12.0 Å². The van der Waals surface area contributed by atoms with Crippen molar-refractivity contribution in [3.05, 3.63) is 0 Å². The van der Waals surface area contributed by atoms with E-state index < -0.39 is 0 Å². The molecule has 0 radical (unpaired) electrons. The fourth-order valence-corrected chi connectivity index (χ4v) is 3.08. The zero-order valence-electron chi connectivity index (χ0n) is 10.2. The second-order valence-electron chi connectivity index (χ2n) is 5.34. The summed E-state index contributed by atoms with van der Waals surface area (Å²) in [7, 11) is 0. The smallest absolute Gasteiger partial charge is 0.0107 e. The van der Waals surface area contributed by atoms with Crippen LogP contribution in [0.2, 0.25) is 0 Å². The molecule has 88 valence electrons. The van der Waals surface area contributed by atoms with Gasteiger partial charge in [0.25, 0.3) is 0 Å². The Bertz CT molecular complexity index is 169. The van der Waals surface area contributed by atoms with Gasteiger partial charge >= 0.3 is 0 Å². The van der Waals surface area contributed by atoms with Crippen LogP contribution < -0.4 is 5.32 Å².